The van der Waals surface area contributed by atoms with Crippen molar-refractivity contribution >= 4 is 6.29 Å². The summed E-state index contributed by atoms with van der Waals surface area (Å²) in [6.07, 6.45) is 2.20. The molecule has 0 aromatic heterocycles. The Labute approximate surface area is 69.2 Å². The van der Waals surface area contributed by atoms with Crippen LogP contribution in [0.5, 0.6) is 0 Å². The largest absolute Gasteiger partial charge is 0.303 e. The Morgan fingerprint density at radius 1 is 1.36 bits per heavy atom. The predicted octanol–water partition coefficient (Wildman–Crippen LogP) is 2.50. The van der Waals surface area contributed by atoms with E-state index in [0.717, 1.165) is 12.7 Å². The molecule has 1 aliphatic rings. The number of aldehydes is 1. The summed E-state index contributed by atoms with van der Waals surface area (Å²) in [4.78, 5) is 10.7. The van der Waals surface area contributed by atoms with Gasteiger partial charge in [0, 0.05) is 5.92 Å². The van der Waals surface area contributed by atoms with Crippen molar-refractivity contribution in [2.24, 2.45) is 23.2 Å². The summed E-state index contributed by atoms with van der Waals surface area (Å²) in [6.45, 7) is 8.97. The smallest absolute Gasteiger partial charge is 0.123 e. The van der Waals surface area contributed by atoms with Gasteiger partial charge < -0.3 is 4.79 Å². The van der Waals surface area contributed by atoms with Crippen LogP contribution in [0.2, 0.25) is 0 Å². The Hall–Kier alpha value is -0.330. The van der Waals surface area contributed by atoms with Gasteiger partial charge in [0.2, 0.25) is 0 Å². The molecule has 0 bridgehead atoms. The zero-order chi connectivity index (χ0) is 8.65. The lowest BCUT2D eigenvalue weighted by molar-refractivity contribution is -0.112. The molecule has 0 aliphatic heterocycles. The third kappa shape index (κ3) is 1.33. The van der Waals surface area contributed by atoms with E-state index in [9.17, 15) is 4.79 Å². The first-order valence-electron chi connectivity index (χ1n) is 4.44. The van der Waals surface area contributed by atoms with E-state index in [0.29, 0.717) is 23.2 Å². The van der Waals surface area contributed by atoms with E-state index >= 15 is 0 Å². The molecule has 0 saturated heterocycles. The zero-order valence-electron chi connectivity index (χ0n) is 7.92. The quantitative estimate of drug-likeness (QED) is 0.530. The van der Waals surface area contributed by atoms with Gasteiger partial charge in [-0.05, 0) is 23.7 Å². The highest BCUT2D eigenvalue weighted by molar-refractivity contribution is 5.55. The van der Waals surface area contributed by atoms with E-state index < -0.39 is 0 Å². The fourth-order valence-electron chi connectivity index (χ4n) is 2.23. The van der Waals surface area contributed by atoms with Crippen LogP contribution in [0.15, 0.2) is 0 Å². The molecule has 3 atom stereocenters. The second-order valence-corrected chi connectivity index (χ2v) is 4.64. The first-order valence-corrected chi connectivity index (χ1v) is 4.44. The van der Waals surface area contributed by atoms with E-state index in [1.54, 1.807) is 0 Å². The maximum atomic E-state index is 10.7. The first-order chi connectivity index (χ1) is 4.99. The highest BCUT2D eigenvalue weighted by Gasteiger charge is 2.42. The van der Waals surface area contributed by atoms with Crippen LogP contribution >= 0.6 is 0 Å². The number of rotatable bonds is 1. The van der Waals surface area contributed by atoms with E-state index in [1.807, 2.05) is 0 Å². The van der Waals surface area contributed by atoms with Crippen molar-refractivity contribution in [3.05, 3.63) is 0 Å². The summed E-state index contributed by atoms with van der Waals surface area (Å²) in [6, 6.07) is 0. The second-order valence-electron chi connectivity index (χ2n) is 4.64. The van der Waals surface area contributed by atoms with Crippen LogP contribution < -0.4 is 0 Å². The number of hydrogen-bond donors (Lipinski definition) is 0. The average Bonchev–Trinajstić information content (AvgIpc) is 2.13. The van der Waals surface area contributed by atoms with Gasteiger partial charge in [-0.1, -0.05) is 27.7 Å². The Morgan fingerprint density at radius 2 is 1.91 bits per heavy atom. The molecule has 1 aliphatic carbocycles. The molecule has 0 aromatic rings. The van der Waals surface area contributed by atoms with Crippen molar-refractivity contribution < 1.29 is 4.79 Å². The fourth-order valence-corrected chi connectivity index (χ4v) is 2.23. The molecule has 1 heteroatoms. The third-order valence-corrected chi connectivity index (χ3v) is 3.63. The normalized spacial score (nSPS) is 42.4. The maximum absolute atomic E-state index is 10.7. The molecular formula is C10H18O. The van der Waals surface area contributed by atoms with Gasteiger partial charge in [-0.15, -0.1) is 0 Å². The molecule has 1 nitrogen and oxygen atoms in total. The van der Waals surface area contributed by atoms with Crippen LogP contribution in [-0.4, -0.2) is 6.29 Å². The average molecular weight is 154 g/mol. The Kier molecular flexibility index (Phi) is 2.08. The van der Waals surface area contributed by atoms with Gasteiger partial charge >= 0.3 is 0 Å². The summed E-state index contributed by atoms with van der Waals surface area (Å²) in [7, 11) is 0. The molecule has 64 valence electrons. The van der Waals surface area contributed by atoms with Crippen LogP contribution in [0, 0.1) is 23.2 Å². The van der Waals surface area contributed by atoms with Gasteiger partial charge in [0.05, 0.1) is 0 Å². The molecule has 0 heterocycles. The topological polar surface area (TPSA) is 17.1 Å². The molecule has 0 spiro atoms. The van der Waals surface area contributed by atoms with Crippen LogP contribution in [-0.2, 0) is 4.79 Å². The van der Waals surface area contributed by atoms with Crippen LogP contribution in [0.1, 0.15) is 34.1 Å². The number of carbonyl (C=O) groups excluding carboxylic acids is 1. The standard InChI is InChI=1S/C10H18O/c1-7-8(2)10(3,4)5-9(7)6-11/h6-9H,5H2,1-4H3/t7-,8-,9-/m0/s1. The molecule has 1 rings (SSSR count). The first kappa shape index (κ1) is 8.76. The van der Waals surface area contributed by atoms with Crippen molar-refractivity contribution in [1.82, 2.24) is 0 Å². The predicted molar refractivity (Wildman–Crippen MR) is 46.3 cm³/mol. The minimum Gasteiger partial charge on any atom is -0.303 e. The third-order valence-electron chi connectivity index (χ3n) is 3.63. The number of hydrogen-bond acceptors (Lipinski definition) is 1. The highest BCUT2D eigenvalue weighted by atomic mass is 16.1. The van der Waals surface area contributed by atoms with Gasteiger partial charge in [-0.25, -0.2) is 0 Å². The summed E-state index contributed by atoms with van der Waals surface area (Å²) in [5, 5.41) is 0. The fraction of sp³-hybridized carbons (Fsp3) is 0.900. The van der Waals surface area contributed by atoms with E-state index in [4.69, 9.17) is 0 Å². The molecular weight excluding hydrogens is 136 g/mol. The van der Waals surface area contributed by atoms with Crippen molar-refractivity contribution in [3.8, 4) is 0 Å². The highest BCUT2D eigenvalue weighted by Crippen LogP contribution is 2.48. The molecule has 0 unspecified atom stereocenters. The van der Waals surface area contributed by atoms with Crippen LogP contribution in [0.3, 0.4) is 0 Å². The molecule has 0 aromatic carbocycles. The summed E-state index contributed by atoms with van der Waals surface area (Å²) in [5.41, 5.74) is 0.366. The Morgan fingerprint density at radius 3 is 2.09 bits per heavy atom. The van der Waals surface area contributed by atoms with E-state index in [2.05, 4.69) is 27.7 Å². The Balaban J connectivity index is 2.76. The zero-order valence-corrected chi connectivity index (χ0v) is 7.92. The molecule has 1 fully saturated rings. The van der Waals surface area contributed by atoms with Crippen LogP contribution in [0.25, 0.3) is 0 Å². The van der Waals surface area contributed by atoms with Crippen molar-refractivity contribution in [2.75, 3.05) is 0 Å². The Bertz CT molecular complexity index is 160. The second kappa shape index (κ2) is 2.62. The SMILES string of the molecule is C[C@@H]1[C@H](C=O)CC(C)(C)[C@H]1C. The van der Waals surface area contributed by atoms with Gasteiger partial charge in [0.25, 0.3) is 0 Å². The van der Waals surface area contributed by atoms with Gasteiger partial charge in [0.15, 0.2) is 0 Å². The van der Waals surface area contributed by atoms with Gasteiger partial charge in [-0.2, -0.15) is 0 Å². The lowest BCUT2D eigenvalue weighted by Crippen LogP contribution is -2.17. The molecule has 11 heavy (non-hydrogen) atoms. The summed E-state index contributed by atoms with van der Waals surface area (Å²) < 4.78 is 0. The molecule has 0 amide bonds. The summed E-state index contributed by atoms with van der Waals surface area (Å²) in [5.74, 6) is 1.56. The lowest BCUT2D eigenvalue weighted by Gasteiger charge is -2.24. The van der Waals surface area contributed by atoms with Crippen molar-refractivity contribution in [2.45, 2.75) is 34.1 Å². The van der Waals surface area contributed by atoms with E-state index in [1.165, 1.54) is 0 Å². The molecule has 0 N–H and O–H groups in total. The molecule has 1 saturated carbocycles. The minimum absolute atomic E-state index is 0.306. The number of carbonyl (C=O) groups is 1. The van der Waals surface area contributed by atoms with Crippen LogP contribution in [0.4, 0.5) is 0 Å². The van der Waals surface area contributed by atoms with Crippen molar-refractivity contribution in [3.63, 3.8) is 0 Å². The summed E-state index contributed by atoms with van der Waals surface area (Å²) >= 11 is 0. The minimum atomic E-state index is 0.306. The lowest BCUT2D eigenvalue weighted by atomic mass is 9.81. The maximum Gasteiger partial charge on any atom is 0.123 e. The monoisotopic (exact) mass is 154 g/mol. The molecule has 0 radical (unpaired) electrons. The van der Waals surface area contributed by atoms with E-state index in [-0.39, 0.29) is 0 Å². The van der Waals surface area contributed by atoms with Gasteiger partial charge in [-0.3, -0.25) is 0 Å². The van der Waals surface area contributed by atoms with Gasteiger partial charge in [0.1, 0.15) is 6.29 Å². The van der Waals surface area contributed by atoms with Crippen molar-refractivity contribution in [1.29, 1.82) is 0 Å².